The van der Waals surface area contributed by atoms with Crippen molar-refractivity contribution in [2.45, 2.75) is 5.97 Å². The fourth-order valence-electron chi connectivity index (χ4n) is 0.766. The molecule has 0 heterocycles. The molecule has 0 saturated heterocycles. The molecule has 0 aliphatic carbocycles. The molecule has 0 aromatic rings. The number of ether oxygens (including phenoxy) is 5. The Balaban J connectivity index is 3.68. The first kappa shape index (κ1) is 12.8. The molecule has 0 bridgehead atoms. The van der Waals surface area contributed by atoms with Gasteiger partial charge in [-0.1, -0.05) is 0 Å². The molecule has 0 N–H and O–H groups in total. The van der Waals surface area contributed by atoms with Gasteiger partial charge in [0, 0.05) is 28.4 Å². The van der Waals surface area contributed by atoms with Crippen molar-refractivity contribution >= 4 is 0 Å². The molecule has 0 aliphatic heterocycles. The summed E-state index contributed by atoms with van der Waals surface area (Å²) in [4.78, 5) is 0. The molecule has 0 unspecified atom stereocenters. The van der Waals surface area contributed by atoms with Gasteiger partial charge in [0.1, 0.15) is 6.61 Å². The van der Waals surface area contributed by atoms with Crippen LogP contribution in [0.1, 0.15) is 0 Å². The van der Waals surface area contributed by atoms with Crippen molar-refractivity contribution in [3.8, 4) is 0 Å². The summed E-state index contributed by atoms with van der Waals surface area (Å²) in [5.74, 6) is -1.10. The Bertz CT molecular complexity index is 105. The molecular weight excluding hydrogens is 176 g/mol. The van der Waals surface area contributed by atoms with Crippen molar-refractivity contribution in [3.05, 3.63) is 0 Å². The van der Waals surface area contributed by atoms with Crippen molar-refractivity contribution in [2.75, 3.05) is 48.3 Å². The van der Waals surface area contributed by atoms with E-state index < -0.39 is 5.97 Å². The molecule has 0 aromatic heterocycles. The zero-order valence-electron chi connectivity index (χ0n) is 8.66. The third kappa shape index (κ3) is 4.54. The van der Waals surface area contributed by atoms with Crippen LogP contribution in [0.5, 0.6) is 0 Å². The Hall–Kier alpha value is -0.200. The average molecular weight is 194 g/mol. The number of rotatable bonds is 8. The summed E-state index contributed by atoms with van der Waals surface area (Å²) >= 11 is 0. The van der Waals surface area contributed by atoms with Gasteiger partial charge in [0.05, 0.1) is 13.2 Å². The van der Waals surface area contributed by atoms with Crippen LogP contribution in [-0.2, 0) is 23.7 Å². The van der Waals surface area contributed by atoms with E-state index in [-0.39, 0.29) is 6.61 Å². The lowest BCUT2D eigenvalue weighted by atomic mass is 10.6. The van der Waals surface area contributed by atoms with E-state index in [1.807, 2.05) is 0 Å². The standard InChI is InChI=1S/C8H18O5/c1-9-5-6-13-7-8(10-2,11-3)12-4/h5-7H2,1-4H3. The summed E-state index contributed by atoms with van der Waals surface area (Å²) in [5.41, 5.74) is 0. The number of hydrogen-bond donors (Lipinski definition) is 0. The van der Waals surface area contributed by atoms with Crippen LogP contribution in [0.2, 0.25) is 0 Å². The van der Waals surface area contributed by atoms with Gasteiger partial charge in [-0.2, -0.15) is 0 Å². The Labute approximate surface area is 78.9 Å². The van der Waals surface area contributed by atoms with E-state index in [1.165, 1.54) is 21.3 Å². The predicted octanol–water partition coefficient (Wildman–Crippen LogP) is 0.242. The van der Waals surface area contributed by atoms with Crippen LogP contribution in [0.25, 0.3) is 0 Å². The minimum absolute atomic E-state index is 0.208. The Morgan fingerprint density at radius 1 is 0.846 bits per heavy atom. The van der Waals surface area contributed by atoms with Crippen molar-refractivity contribution in [1.29, 1.82) is 0 Å². The second-order valence-electron chi connectivity index (χ2n) is 2.34. The second kappa shape index (κ2) is 7.23. The maximum atomic E-state index is 5.21. The lowest BCUT2D eigenvalue weighted by Gasteiger charge is -2.28. The monoisotopic (exact) mass is 194 g/mol. The van der Waals surface area contributed by atoms with Crippen molar-refractivity contribution in [1.82, 2.24) is 0 Å². The van der Waals surface area contributed by atoms with Crippen molar-refractivity contribution < 1.29 is 23.7 Å². The Morgan fingerprint density at radius 2 is 1.38 bits per heavy atom. The summed E-state index contributed by atoms with van der Waals surface area (Å²) in [7, 11) is 6.09. The number of hydrogen-bond acceptors (Lipinski definition) is 5. The van der Waals surface area contributed by atoms with E-state index in [2.05, 4.69) is 0 Å². The zero-order chi connectivity index (χ0) is 10.2. The van der Waals surface area contributed by atoms with Gasteiger partial charge < -0.3 is 23.7 Å². The van der Waals surface area contributed by atoms with E-state index in [0.29, 0.717) is 13.2 Å². The maximum Gasteiger partial charge on any atom is 0.307 e. The highest BCUT2D eigenvalue weighted by molar-refractivity contribution is 4.52. The van der Waals surface area contributed by atoms with Gasteiger partial charge in [-0.3, -0.25) is 0 Å². The van der Waals surface area contributed by atoms with Crippen LogP contribution in [0.4, 0.5) is 0 Å². The first-order chi connectivity index (χ1) is 6.24. The summed E-state index contributed by atoms with van der Waals surface area (Å²) in [6.07, 6.45) is 0. The SMILES string of the molecule is COCCOCC(OC)(OC)OC. The topological polar surface area (TPSA) is 46.2 Å². The Kier molecular flexibility index (Phi) is 7.12. The molecule has 0 radical (unpaired) electrons. The average Bonchev–Trinajstić information content (AvgIpc) is 2.20. The fraction of sp³-hybridized carbons (Fsp3) is 1.00. The third-order valence-corrected chi connectivity index (χ3v) is 1.64. The molecule has 5 heteroatoms. The molecule has 0 saturated carbocycles. The van der Waals surface area contributed by atoms with Crippen LogP contribution < -0.4 is 0 Å². The summed E-state index contributed by atoms with van der Waals surface area (Å²) < 4.78 is 25.0. The number of methoxy groups -OCH3 is 4. The molecule has 0 fully saturated rings. The van der Waals surface area contributed by atoms with E-state index in [9.17, 15) is 0 Å². The predicted molar refractivity (Wildman–Crippen MR) is 46.5 cm³/mol. The molecule has 5 nitrogen and oxygen atoms in total. The van der Waals surface area contributed by atoms with E-state index in [1.54, 1.807) is 7.11 Å². The van der Waals surface area contributed by atoms with E-state index in [4.69, 9.17) is 23.7 Å². The van der Waals surface area contributed by atoms with Crippen molar-refractivity contribution in [3.63, 3.8) is 0 Å². The molecule has 0 aliphatic rings. The minimum atomic E-state index is -1.10. The maximum absolute atomic E-state index is 5.21. The molecule has 0 spiro atoms. The molecular formula is C8H18O5. The fourth-order valence-corrected chi connectivity index (χ4v) is 0.766. The van der Waals surface area contributed by atoms with Crippen LogP contribution >= 0.6 is 0 Å². The van der Waals surface area contributed by atoms with Gasteiger partial charge in [0.25, 0.3) is 0 Å². The van der Waals surface area contributed by atoms with Gasteiger partial charge in [0.15, 0.2) is 0 Å². The van der Waals surface area contributed by atoms with E-state index in [0.717, 1.165) is 0 Å². The van der Waals surface area contributed by atoms with Crippen LogP contribution in [0.15, 0.2) is 0 Å². The van der Waals surface area contributed by atoms with Crippen LogP contribution in [0.3, 0.4) is 0 Å². The van der Waals surface area contributed by atoms with Gasteiger partial charge in [-0.15, -0.1) is 0 Å². The molecule has 0 atom stereocenters. The van der Waals surface area contributed by atoms with Crippen LogP contribution in [0, 0.1) is 0 Å². The van der Waals surface area contributed by atoms with Gasteiger partial charge in [-0.05, 0) is 0 Å². The smallest absolute Gasteiger partial charge is 0.307 e. The summed E-state index contributed by atoms with van der Waals surface area (Å²) in [6.45, 7) is 1.22. The first-order valence-electron chi connectivity index (χ1n) is 3.96. The molecule has 13 heavy (non-hydrogen) atoms. The minimum Gasteiger partial charge on any atom is -0.382 e. The highest BCUT2D eigenvalue weighted by Gasteiger charge is 2.29. The molecule has 0 rings (SSSR count). The molecule has 0 amide bonds. The van der Waals surface area contributed by atoms with Gasteiger partial charge in [-0.25, -0.2) is 0 Å². The first-order valence-corrected chi connectivity index (χ1v) is 3.96. The quantitative estimate of drug-likeness (QED) is 0.409. The van der Waals surface area contributed by atoms with Crippen molar-refractivity contribution in [2.24, 2.45) is 0 Å². The van der Waals surface area contributed by atoms with Crippen LogP contribution in [-0.4, -0.2) is 54.2 Å². The zero-order valence-corrected chi connectivity index (χ0v) is 8.66. The second-order valence-corrected chi connectivity index (χ2v) is 2.34. The highest BCUT2D eigenvalue weighted by Crippen LogP contribution is 2.11. The highest BCUT2D eigenvalue weighted by atomic mass is 16.9. The molecule has 0 aromatic carbocycles. The largest absolute Gasteiger partial charge is 0.382 e. The van der Waals surface area contributed by atoms with E-state index >= 15 is 0 Å². The lowest BCUT2D eigenvalue weighted by molar-refractivity contribution is -0.368. The normalized spacial score (nSPS) is 12.0. The summed E-state index contributed by atoms with van der Waals surface area (Å²) in [5, 5.41) is 0. The third-order valence-electron chi connectivity index (χ3n) is 1.64. The Morgan fingerprint density at radius 3 is 1.77 bits per heavy atom. The van der Waals surface area contributed by atoms with Gasteiger partial charge in [0.2, 0.25) is 0 Å². The summed E-state index contributed by atoms with van der Waals surface area (Å²) in [6, 6.07) is 0. The molecule has 80 valence electrons. The van der Waals surface area contributed by atoms with Gasteiger partial charge >= 0.3 is 5.97 Å². The lowest BCUT2D eigenvalue weighted by Crippen LogP contribution is -2.41.